The second kappa shape index (κ2) is 6.67. The van der Waals surface area contributed by atoms with Crippen LogP contribution in [0.3, 0.4) is 0 Å². The molecule has 0 aliphatic heterocycles. The maximum Gasteiger partial charge on any atom is 0.0485 e. The second-order valence-electron chi connectivity index (χ2n) is 3.78. The lowest BCUT2D eigenvalue weighted by atomic mass is 10.1. The normalized spacial score (nSPS) is 11.4. The van der Waals surface area contributed by atoms with E-state index >= 15 is 0 Å². The largest absolute Gasteiger partial charge is 0.379 e. The summed E-state index contributed by atoms with van der Waals surface area (Å²) < 4.78 is 1.11. The molecule has 2 rings (SSSR count). The van der Waals surface area contributed by atoms with Gasteiger partial charge in [-0.3, -0.25) is 0 Å². The fourth-order valence-electron chi connectivity index (χ4n) is 1.62. The van der Waals surface area contributed by atoms with Crippen LogP contribution in [0.1, 0.15) is 18.5 Å². The highest BCUT2D eigenvalue weighted by molar-refractivity contribution is 9.10. The maximum absolute atomic E-state index is 3.46. The van der Waals surface area contributed by atoms with Crippen molar-refractivity contribution < 1.29 is 0 Å². The highest BCUT2D eigenvalue weighted by Gasteiger charge is 2.04. The Morgan fingerprint density at radius 3 is 2.12 bits per heavy atom. The molecule has 3 heteroatoms. The van der Waals surface area contributed by atoms with E-state index in [1.54, 1.807) is 0 Å². The average molecular weight is 313 g/mol. The first-order chi connectivity index (χ1) is 7.75. The van der Waals surface area contributed by atoms with Gasteiger partial charge in [0.05, 0.1) is 0 Å². The Morgan fingerprint density at radius 2 is 1.53 bits per heavy atom. The molecular formula is C14H15BrClN. The molecule has 1 nitrogen and oxygen atoms in total. The average Bonchev–Trinajstić information content (AvgIpc) is 2.31. The number of para-hydroxylation sites is 1. The summed E-state index contributed by atoms with van der Waals surface area (Å²) in [6.45, 7) is 2.16. The molecule has 0 saturated heterocycles. The standard InChI is InChI=1S/C14H14BrN.ClH/c1-11(12-7-9-13(15)10-8-12)16-14-5-3-2-4-6-14;/h2-11,16H,1H3;1H/t11-;/m0./s1. The van der Waals surface area contributed by atoms with Crippen LogP contribution in [-0.4, -0.2) is 0 Å². The van der Waals surface area contributed by atoms with E-state index in [2.05, 4.69) is 64.6 Å². The Kier molecular flexibility index (Phi) is 5.52. The van der Waals surface area contributed by atoms with Gasteiger partial charge < -0.3 is 5.32 Å². The van der Waals surface area contributed by atoms with Crippen molar-refractivity contribution in [3.05, 3.63) is 64.6 Å². The predicted molar refractivity (Wildman–Crippen MR) is 79.9 cm³/mol. The van der Waals surface area contributed by atoms with Gasteiger partial charge in [0.15, 0.2) is 0 Å². The highest BCUT2D eigenvalue weighted by atomic mass is 79.9. The van der Waals surface area contributed by atoms with Crippen molar-refractivity contribution in [1.29, 1.82) is 0 Å². The summed E-state index contributed by atoms with van der Waals surface area (Å²) in [6.07, 6.45) is 0. The number of halogens is 2. The summed E-state index contributed by atoms with van der Waals surface area (Å²) in [7, 11) is 0. The number of nitrogens with one attached hydrogen (secondary N) is 1. The van der Waals surface area contributed by atoms with Gasteiger partial charge in [0, 0.05) is 16.2 Å². The van der Waals surface area contributed by atoms with Crippen molar-refractivity contribution in [2.24, 2.45) is 0 Å². The molecule has 17 heavy (non-hydrogen) atoms. The molecule has 0 fully saturated rings. The van der Waals surface area contributed by atoms with Crippen LogP contribution in [0, 0.1) is 0 Å². The molecule has 0 saturated carbocycles. The number of rotatable bonds is 3. The Bertz CT molecular complexity index is 442. The third kappa shape index (κ3) is 4.06. The predicted octanol–water partition coefficient (Wildman–Crippen LogP) is 5.04. The van der Waals surface area contributed by atoms with Gasteiger partial charge in [-0.1, -0.05) is 46.3 Å². The van der Waals surface area contributed by atoms with Gasteiger partial charge in [0.2, 0.25) is 0 Å². The number of benzene rings is 2. The second-order valence-corrected chi connectivity index (χ2v) is 4.70. The van der Waals surface area contributed by atoms with Crippen LogP contribution < -0.4 is 5.32 Å². The van der Waals surface area contributed by atoms with Crippen LogP contribution in [0.15, 0.2) is 59.1 Å². The van der Waals surface area contributed by atoms with E-state index in [4.69, 9.17) is 0 Å². The maximum atomic E-state index is 3.46. The van der Waals surface area contributed by atoms with Gasteiger partial charge in [-0.2, -0.15) is 0 Å². The van der Waals surface area contributed by atoms with Crippen LogP contribution >= 0.6 is 28.3 Å². The lowest BCUT2D eigenvalue weighted by molar-refractivity contribution is 0.884. The SMILES string of the molecule is C[C@H](Nc1ccccc1)c1ccc(Br)cc1.Cl. The zero-order valence-electron chi connectivity index (χ0n) is 9.56. The Morgan fingerprint density at radius 1 is 0.941 bits per heavy atom. The van der Waals surface area contributed by atoms with Crippen molar-refractivity contribution in [3.8, 4) is 0 Å². The van der Waals surface area contributed by atoms with Crippen LogP contribution in [-0.2, 0) is 0 Å². The van der Waals surface area contributed by atoms with E-state index in [1.165, 1.54) is 5.56 Å². The molecule has 0 bridgehead atoms. The summed E-state index contributed by atoms with van der Waals surface area (Å²) >= 11 is 3.44. The summed E-state index contributed by atoms with van der Waals surface area (Å²) in [6, 6.07) is 19.0. The van der Waals surface area contributed by atoms with E-state index in [0.717, 1.165) is 10.2 Å². The van der Waals surface area contributed by atoms with Crippen molar-refractivity contribution in [2.45, 2.75) is 13.0 Å². The van der Waals surface area contributed by atoms with Crippen molar-refractivity contribution in [2.75, 3.05) is 5.32 Å². The summed E-state index contributed by atoms with van der Waals surface area (Å²) in [5, 5.41) is 3.46. The molecular weight excluding hydrogens is 298 g/mol. The molecule has 0 amide bonds. The van der Waals surface area contributed by atoms with Crippen LogP contribution in [0.4, 0.5) is 5.69 Å². The molecule has 0 aliphatic rings. The van der Waals surface area contributed by atoms with Gasteiger partial charge in [0.1, 0.15) is 0 Å². The molecule has 2 aromatic carbocycles. The Labute approximate surface area is 117 Å². The highest BCUT2D eigenvalue weighted by Crippen LogP contribution is 2.20. The molecule has 0 aliphatic carbocycles. The summed E-state index contributed by atoms with van der Waals surface area (Å²) in [5.74, 6) is 0. The third-order valence-corrected chi connectivity index (χ3v) is 3.06. The smallest absolute Gasteiger partial charge is 0.0485 e. The van der Waals surface area contributed by atoms with Crippen molar-refractivity contribution >= 4 is 34.0 Å². The quantitative estimate of drug-likeness (QED) is 0.837. The van der Waals surface area contributed by atoms with E-state index in [9.17, 15) is 0 Å². The molecule has 2 aromatic rings. The number of hydrogen-bond acceptors (Lipinski definition) is 1. The zero-order chi connectivity index (χ0) is 11.4. The van der Waals surface area contributed by atoms with E-state index in [1.807, 2.05) is 18.2 Å². The fourth-order valence-corrected chi connectivity index (χ4v) is 1.88. The first kappa shape index (κ1) is 14.1. The lowest BCUT2D eigenvalue weighted by Gasteiger charge is -2.15. The minimum atomic E-state index is 0. The van der Waals surface area contributed by atoms with Gasteiger partial charge in [-0.15, -0.1) is 12.4 Å². The van der Waals surface area contributed by atoms with E-state index in [-0.39, 0.29) is 12.4 Å². The van der Waals surface area contributed by atoms with Gasteiger partial charge >= 0.3 is 0 Å². The first-order valence-electron chi connectivity index (χ1n) is 5.33. The number of hydrogen-bond donors (Lipinski definition) is 1. The molecule has 0 radical (unpaired) electrons. The zero-order valence-corrected chi connectivity index (χ0v) is 12.0. The van der Waals surface area contributed by atoms with Crippen LogP contribution in [0.2, 0.25) is 0 Å². The summed E-state index contributed by atoms with van der Waals surface area (Å²) in [5.41, 5.74) is 2.44. The molecule has 0 heterocycles. The minimum absolute atomic E-state index is 0. The van der Waals surface area contributed by atoms with Crippen molar-refractivity contribution in [1.82, 2.24) is 0 Å². The molecule has 0 unspecified atom stereocenters. The topological polar surface area (TPSA) is 12.0 Å². The molecule has 90 valence electrons. The lowest BCUT2D eigenvalue weighted by Crippen LogP contribution is -2.05. The van der Waals surface area contributed by atoms with Crippen molar-refractivity contribution in [3.63, 3.8) is 0 Å². The van der Waals surface area contributed by atoms with Gasteiger partial charge in [0.25, 0.3) is 0 Å². The van der Waals surface area contributed by atoms with Crippen LogP contribution in [0.5, 0.6) is 0 Å². The minimum Gasteiger partial charge on any atom is -0.379 e. The van der Waals surface area contributed by atoms with Gasteiger partial charge in [-0.05, 0) is 36.8 Å². The van der Waals surface area contributed by atoms with Crippen LogP contribution in [0.25, 0.3) is 0 Å². The molecule has 1 N–H and O–H groups in total. The molecule has 0 aromatic heterocycles. The molecule has 0 spiro atoms. The molecule has 1 atom stereocenters. The first-order valence-corrected chi connectivity index (χ1v) is 6.12. The van der Waals surface area contributed by atoms with Gasteiger partial charge in [-0.25, -0.2) is 0 Å². The Balaban J connectivity index is 0.00000144. The summed E-state index contributed by atoms with van der Waals surface area (Å²) in [4.78, 5) is 0. The number of anilines is 1. The third-order valence-electron chi connectivity index (χ3n) is 2.53. The fraction of sp³-hybridized carbons (Fsp3) is 0.143. The monoisotopic (exact) mass is 311 g/mol. The van der Waals surface area contributed by atoms with E-state index in [0.29, 0.717) is 6.04 Å². The Hall–Kier alpha value is -0.990. The van der Waals surface area contributed by atoms with E-state index < -0.39 is 0 Å².